The van der Waals surface area contributed by atoms with Crippen molar-refractivity contribution in [1.82, 2.24) is 0 Å². The van der Waals surface area contributed by atoms with Gasteiger partial charge >= 0.3 is 5.97 Å². The number of alkyl halides is 1. The Morgan fingerprint density at radius 3 is 2.35 bits per heavy atom. The zero-order valence-corrected chi connectivity index (χ0v) is 19.9. The SMILES string of the molecule is COC(=O)c1ccc(C(=O)Nc2ccc(Cl)cc2)cc1NC(=O)c1scc(CBr)c1Cl. The van der Waals surface area contributed by atoms with E-state index in [-0.39, 0.29) is 16.8 Å². The van der Waals surface area contributed by atoms with E-state index < -0.39 is 17.8 Å². The molecular formula is C21H15BrCl2N2O4S. The van der Waals surface area contributed by atoms with Crippen LogP contribution in [0.15, 0.2) is 47.8 Å². The predicted molar refractivity (Wildman–Crippen MR) is 127 cm³/mol. The highest BCUT2D eigenvalue weighted by atomic mass is 79.9. The Hall–Kier alpha value is -2.39. The Balaban J connectivity index is 1.90. The maximum absolute atomic E-state index is 12.8. The number of methoxy groups -OCH3 is 1. The number of esters is 1. The lowest BCUT2D eigenvalue weighted by Gasteiger charge is -2.12. The van der Waals surface area contributed by atoms with Gasteiger partial charge in [0.05, 0.1) is 23.4 Å². The third-order valence-electron chi connectivity index (χ3n) is 4.19. The van der Waals surface area contributed by atoms with Gasteiger partial charge in [0, 0.05) is 21.6 Å². The van der Waals surface area contributed by atoms with Gasteiger partial charge in [0.25, 0.3) is 11.8 Å². The summed E-state index contributed by atoms with van der Waals surface area (Å²) < 4.78 is 4.78. The van der Waals surface area contributed by atoms with Crippen LogP contribution in [-0.2, 0) is 10.1 Å². The van der Waals surface area contributed by atoms with Crippen LogP contribution in [0.3, 0.4) is 0 Å². The molecule has 0 saturated heterocycles. The molecule has 0 fully saturated rings. The first kappa shape index (κ1) is 23.3. The number of rotatable bonds is 6. The minimum atomic E-state index is -0.654. The van der Waals surface area contributed by atoms with Crippen molar-refractivity contribution < 1.29 is 19.1 Å². The van der Waals surface area contributed by atoms with E-state index in [1.165, 1.54) is 36.6 Å². The Morgan fingerprint density at radius 2 is 1.74 bits per heavy atom. The minimum absolute atomic E-state index is 0.104. The molecule has 0 atom stereocenters. The number of benzene rings is 2. The van der Waals surface area contributed by atoms with Crippen LogP contribution in [0.25, 0.3) is 0 Å². The summed E-state index contributed by atoms with van der Waals surface area (Å²) in [5.41, 5.74) is 1.79. The van der Waals surface area contributed by atoms with E-state index in [4.69, 9.17) is 27.9 Å². The van der Waals surface area contributed by atoms with E-state index >= 15 is 0 Å². The number of anilines is 2. The van der Waals surface area contributed by atoms with Crippen molar-refractivity contribution in [2.45, 2.75) is 5.33 Å². The summed E-state index contributed by atoms with van der Waals surface area (Å²) in [5, 5.41) is 8.53. The maximum atomic E-state index is 12.8. The fourth-order valence-electron chi connectivity index (χ4n) is 2.62. The van der Waals surface area contributed by atoms with E-state index in [2.05, 4.69) is 26.6 Å². The van der Waals surface area contributed by atoms with Crippen LogP contribution in [0.1, 0.15) is 36.0 Å². The van der Waals surface area contributed by atoms with Crippen molar-refractivity contribution in [3.8, 4) is 0 Å². The third kappa shape index (κ3) is 5.46. The van der Waals surface area contributed by atoms with Gasteiger partial charge in [-0.1, -0.05) is 39.1 Å². The Labute approximate surface area is 200 Å². The fraction of sp³-hybridized carbons (Fsp3) is 0.0952. The van der Waals surface area contributed by atoms with Gasteiger partial charge in [-0.3, -0.25) is 9.59 Å². The van der Waals surface area contributed by atoms with Crippen molar-refractivity contribution in [2.24, 2.45) is 0 Å². The molecule has 2 amide bonds. The molecule has 160 valence electrons. The maximum Gasteiger partial charge on any atom is 0.339 e. The molecule has 6 nitrogen and oxygen atoms in total. The summed E-state index contributed by atoms with van der Waals surface area (Å²) in [6.07, 6.45) is 0. The summed E-state index contributed by atoms with van der Waals surface area (Å²) >= 11 is 16.6. The quantitative estimate of drug-likeness (QED) is 0.285. The van der Waals surface area contributed by atoms with Crippen LogP contribution in [0.5, 0.6) is 0 Å². The summed E-state index contributed by atoms with van der Waals surface area (Å²) in [5.74, 6) is -1.58. The molecule has 0 spiro atoms. The third-order valence-corrected chi connectivity index (χ3v) is 6.62. The molecule has 0 unspecified atom stereocenters. The van der Waals surface area contributed by atoms with E-state index in [0.717, 1.165) is 5.56 Å². The molecule has 0 aliphatic heterocycles. The number of halogens is 3. The largest absolute Gasteiger partial charge is 0.465 e. The molecule has 0 bridgehead atoms. The van der Waals surface area contributed by atoms with Gasteiger partial charge < -0.3 is 15.4 Å². The van der Waals surface area contributed by atoms with Crippen molar-refractivity contribution >= 4 is 79.6 Å². The second-order valence-electron chi connectivity index (χ2n) is 6.20. The van der Waals surface area contributed by atoms with Gasteiger partial charge in [0.1, 0.15) is 4.88 Å². The van der Waals surface area contributed by atoms with Crippen LogP contribution in [-0.4, -0.2) is 24.9 Å². The molecule has 0 saturated carbocycles. The highest BCUT2D eigenvalue weighted by Gasteiger charge is 2.21. The van der Waals surface area contributed by atoms with Crippen LogP contribution in [0, 0.1) is 0 Å². The lowest BCUT2D eigenvalue weighted by atomic mass is 10.1. The highest BCUT2D eigenvalue weighted by molar-refractivity contribution is 9.08. The van der Waals surface area contributed by atoms with E-state index in [1.54, 1.807) is 29.6 Å². The number of carbonyl (C=O) groups excluding carboxylic acids is 3. The minimum Gasteiger partial charge on any atom is -0.465 e. The average molecular weight is 542 g/mol. The molecule has 10 heteroatoms. The first-order valence-corrected chi connectivity index (χ1v) is 11.5. The first-order valence-electron chi connectivity index (χ1n) is 8.76. The number of nitrogens with one attached hydrogen (secondary N) is 2. The topological polar surface area (TPSA) is 84.5 Å². The zero-order valence-electron chi connectivity index (χ0n) is 16.0. The van der Waals surface area contributed by atoms with Crippen LogP contribution in [0.4, 0.5) is 11.4 Å². The Bertz CT molecular complexity index is 1150. The molecule has 1 heterocycles. The molecule has 3 aromatic rings. The number of ether oxygens (including phenoxy) is 1. The van der Waals surface area contributed by atoms with Gasteiger partial charge in [-0.25, -0.2) is 4.79 Å². The molecule has 0 radical (unpaired) electrons. The Kier molecular flexibility index (Phi) is 7.72. The van der Waals surface area contributed by atoms with E-state index in [0.29, 0.717) is 25.9 Å². The first-order chi connectivity index (χ1) is 14.8. The number of hydrogen-bond donors (Lipinski definition) is 2. The van der Waals surface area contributed by atoms with Crippen LogP contribution >= 0.6 is 50.5 Å². The van der Waals surface area contributed by atoms with Gasteiger partial charge in [-0.15, -0.1) is 11.3 Å². The second kappa shape index (κ2) is 10.3. The molecule has 0 aliphatic rings. The summed E-state index contributed by atoms with van der Waals surface area (Å²) in [7, 11) is 1.23. The number of amides is 2. The molecule has 31 heavy (non-hydrogen) atoms. The van der Waals surface area contributed by atoms with Crippen molar-refractivity contribution in [3.05, 3.63) is 79.5 Å². The molecule has 0 aliphatic carbocycles. The monoisotopic (exact) mass is 540 g/mol. The van der Waals surface area contributed by atoms with Crippen molar-refractivity contribution in [1.29, 1.82) is 0 Å². The molecule has 1 aromatic heterocycles. The van der Waals surface area contributed by atoms with Gasteiger partial charge in [-0.2, -0.15) is 0 Å². The molecule has 2 N–H and O–H groups in total. The lowest BCUT2D eigenvalue weighted by molar-refractivity contribution is 0.0601. The molecule has 3 rings (SSSR count). The number of thiophene rings is 1. The molecular weight excluding hydrogens is 527 g/mol. The predicted octanol–water partition coefficient (Wildman–Crippen LogP) is 6.24. The molecule has 2 aromatic carbocycles. The average Bonchev–Trinajstić information content (AvgIpc) is 3.15. The fourth-order valence-corrected chi connectivity index (χ4v) is 4.82. The number of carbonyl (C=O) groups is 3. The van der Waals surface area contributed by atoms with Crippen molar-refractivity contribution in [2.75, 3.05) is 17.7 Å². The van der Waals surface area contributed by atoms with E-state index in [1.807, 2.05) is 0 Å². The van der Waals surface area contributed by atoms with Gasteiger partial charge in [0.15, 0.2) is 0 Å². The Morgan fingerprint density at radius 1 is 1.03 bits per heavy atom. The smallest absolute Gasteiger partial charge is 0.339 e. The second-order valence-corrected chi connectivity index (χ2v) is 8.46. The van der Waals surface area contributed by atoms with Gasteiger partial charge in [-0.05, 0) is 53.4 Å². The van der Waals surface area contributed by atoms with Gasteiger partial charge in [0.2, 0.25) is 0 Å². The summed E-state index contributed by atoms with van der Waals surface area (Å²) in [6, 6.07) is 10.9. The van der Waals surface area contributed by atoms with Crippen LogP contribution < -0.4 is 10.6 Å². The van der Waals surface area contributed by atoms with E-state index in [9.17, 15) is 14.4 Å². The lowest BCUT2D eigenvalue weighted by Crippen LogP contribution is -2.17. The zero-order chi connectivity index (χ0) is 22.5. The highest BCUT2D eigenvalue weighted by Crippen LogP contribution is 2.31. The van der Waals surface area contributed by atoms with Crippen molar-refractivity contribution in [3.63, 3.8) is 0 Å². The number of hydrogen-bond acceptors (Lipinski definition) is 5. The normalized spacial score (nSPS) is 10.5. The summed E-state index contributed by atoms with van der Waals surface area (Å²) in [6.45, 7) is 0. The standard InChI is InChI=1S/C21H15BrCl2N2O4S/c1-30-21(29)15-7-2-11(19(27)25-14-5-3-13(23)4-6-14)8-16(15)26-20(28)18-17(24)12(9-22)10-31-18/h2-8,10H,9H2,1H3,(H,25,27)(H,26,28). The summed E-state index contributed by atoms with van der Waals surface area (Å²) in [4.78, 5) is 37.9. The van der Waals surface area contributed by atoms with Crippen LogP contribution in [0.2, 0.25) is 10.0 Å².